The fourth-order valence-corrected chi connectivity index (χ4v) is 5.91. The number of benzene rings is 3. The second kappa shape index (κ2) is 12.1. The number of fused-ring (bicyclic) bond motifs is 1. The predicted octanol–water partition coefficient (Wildman–Crippen LogP) is 5.57. The van der Waals surface area contributed by atoms with Gasteiger partial charge in [0.05, 0.1) is 38.3 Å². The van der Waals surface area contributed by atoms with Gasteiger partial charge in [0.25, 0.3) is 0 Å². The van der Waals surface area contributed by atoms with E-state index in [1.54, 1.807) is 16.9 Å². The van der Waals surface area contributed by atoms with Crippen molar-refractivity contribution in [3.63, 3.8) is 0 Å². The highest BCUT2D eigenvalue weighted by atomic mass is 35.5. The number of hydrogen-bond donors (Lipinski definition) is 0. The van der Waals surface area contributed by atoms with Gasteiger partial charge in [0.1, 0.15) is 0 Å². The van der Waals surface area contributed by atoms with Crippen LogP contribution in [0.4, 0.5) is 5.69 Å². The molecule has 3 aromatic carbocycles. The molecule has 0 N–H and O–H groups in total. The van der Waals surface area contributed by atoms with Crippen LogP contribution in [0.3, 0.4) is 0 Å². The molecular weight excluding hydrogens is 554 g/mol. The topological polar surface area (TPSA) is 79.4 Å². The van der Waals surface area contributed by atoms with Crippen LogP contribution in [-0.2, 0) is 20.8 Å². The molecule has 8 nitrogen and oxygen atoms in total. The molecule has 1 unspecified atom stereocenters. The molecule has 0 saturated carbocycles. The molecule has 9 heteroatoms. The summed E-state index contributed by atoms with van der Waals surface area (Å²) in [6, 6.07) is 18.6. The smallest absolute Gasteiger partial charge is 0.242 e. The van der Waals surface area contributed by atoms with Crippen LogP contribution in [0.1, 0.15) is 62.0 Å². The maximum absolute atomic E-state index is 13.8. The molecule has 42 heavy (non-hydrogen) atoms. The van der Waals surface area contributed by atoms with Crippen LogP contribution in [0.15, 0.2) is 60.7 Å². The van der Waals surface area contributed by atoms with Crippen molar-refractivity contribution in [1.29, 1.82) is 0 Å². The lowest BCUT2D eigenvalue weighted by Crippen LogP contribution is -2.52. The monoisotopic (exact) mass is 589 g/mol. The van der Waals surface area contributed by atoms with E-state index >= 15 is 0 Å². The number of piperazine rings is 1. The van der Waals surface area contributed by atoms with Gasteiger partial charge in [0, 0.05) is 30.7 Å². The standard InChI is InChI=1S/C33H36ClN3O5/c1-20(2)42-30-18-28-25(16-29(30)41-5)17-31(39)37(33(28)24-6-10-26(34)11-7-24)27-12-8-23(9-13-27)21(3)36-15-14-35(22(4)38)19-32(36)40/h6-13,16,18,20-21,33H,14-15,17,19H2,1-5H3/t21-,33?/m0/s1. The van der Waals surface area contributed by atoms with Crippen LogP contribution in [-0.4, -0.2) is 60.4 Å². The van der Waals surface area contributed by atoms with Crippen molar-refractivity contribution in [2.24, 2.45) is 0 Å². The summed E-state index contributed by atoms with van der Waals surface area (Å²) in [6.07, 6.45) is 0.157. The van der Waals surface area contributed by atoms with Crippen molar-refractivity contribution in [1.82, 2.24) is 9.80 Å². The van der Waals surface area contributed by atoms with Crippen LogP contribution < -0.4 is 14.4 Å². The van der Waals surface area contributed by atoms with Crippen molar-refractivity contribution in [3.05, 3.63) is 87.9 Å². The van der Waals surface area contributed by atoms with Crippen molar-refractivity contribution < 1.29 is 23.9 Å². The Kier molecular flexibility index (Phi) is 8.45. The van der Waals surface area contributed by atoms with Crippen molar-refractivity contribution >= 4 is 35.0 Å². The molecule has 2 aliphatic rings. The highest BCUT2D eigenvalue weighted by molar-refractivity contribution is 6.30. The first-order valence-electron chi connectivity index (χ1n) is 14.2. The number of ether oxygens (including phenoxy) is 2. The van der Waals surface area contributed by atoms with Gasteiger partial charge in [0.15, 0.2) is 11.5 Å². The van der Waals surface area contributed by atoms with Gasteiger partial charge in [-0.05, 0) is 79.4 Å². The average molecular weight is 590 g/mol. The van der Waals surface area contributed by atoms with E-state index in [0.717, 1.165) is 27.9 Å². The van der Waals surface area contributed by atoms with E-state index in [1.807, 2.05) is 86.3 Å². The van der Waals surface area contributed by atoms with E-state index in [9.17, 15) is 14.4 Å². The van der Waals surface area contributed by atoms with Crippen molar-refractivity contribution in [3.8, 4) is 11.5 Å². The number of methoxy groups -OCH3 is 1. The van der Waals surface area contributed by atoms with Gasteiger partial charge in [-0.15, -0.1) is 0 Å². The van der Waals surface area contributed by atoms with Crippen LogP contribution in [0.5, 0.6) is 11.5 Å². The summed E-state index contributed by atoms with van der Waals surface area (Å²) in [5.74, 6) is 1.00. The van der Waals surface area contributed by atoms with Crippen LogP contribution in [0, 0.1) is 0 Å². The quantitative estimate of drug-likeness (QED) is 0.360. The molecule has 1 fully saturated rings. The summed E-state index contributed by atoms with van der Waals surface area (Å²) in [7, 11) is 1.60. The number of anilines is 1. The van der Waals surface area contributed by atoms with Crippen molar-refractivity contribution in [2.45, 2.75) is 52.3 Å². The molecule has 1 saturated heterocycles. The maximum Gasteiger partial charge on any atom is 0.242 e. The van der Waals surface area contributed by atoms with Gasteiger partial charge in [-0.25, -0.2) is 0 Å². The Balaban J connectivity index is 1.51. The molecule has 0 radical (unpaired) electrons. The number of nitrogens with zero attached hydrogens (tertiary/aromatic N) is 3. The lowest BCUT2D eigenvalue weighted by Gasteiger charge is -2.39. The van der Waals surface area contributed by atoms with Crippen LogP contribution in [0.2, 0.25) is 5.02 Å². The first-order valence-corrected chi connectivity index (χ1v) is 14.5. The molecule has 2 aliphatic heterocycles. The van der Waals surface area contributed by atoms with Gasteiger partial charge in [-0.1, -0.05) is 35.9 Å². The zero-order valence-corrected chi connectivity index (χ0v) is 25.4. The third-order valence-corrected chi connectivity index (χ3v) is 8.21. The fourth-order valence-electron chi connectivity index (χ4n) is 5.79. The molecule has 0 aromatic heterocycles. The Morgan fingerprint density at radius 3 is 2.21 bits per heavy atom. The zero-order valence-electron chi connectivity index (χ0n) is 24.6. The average Bonchev–Trinajstić information content (AvgIpc) is 2.96. The first kappa shape index (κ1) is 29.5. The largest absolute Gasteiger partial charge is 0.493 e. The highest BCUT2D eigenvalue weighted by Crippen LogP contribution is 2.44. The van der Waals surface area contributed by atoms with Gasteiger partial charge in [-0.3, -0.25) is 14.4 Å². The van der Waals surface area contributed by atoms with Gasteiger partial charge < -0.3 is 24.2 Å². The Morgan fingerprint density at radius 2 is 1.62 bits per heavy atom. The second-order valence-corrected chi connectivity index (χ2v) is 11.5. The summed E-state index contributed by atoms with van der Waals surface area (Å²) >= 11 is 6.24. The molecule has 5 rings (SSSR count). The fraction of sp³-hybridized carbons (Fsp3) is 0.364. The SMILES string of the molecule is COc1cc2c(cc1OC(C)C)C(c1ccc(Cl)cc1)N(c1ccc([C@H](C)N3CCN(C(C)=O)CC3=O)cc1)C(=O)C2. The number of carbonyl (C=O) groups is 3. The van der Waals surface area contributed by atoms with Gasteiger partial charge in [-0.2, -0.15) is 0 Å². The lowest BCUT2D eigenvalue weighted by molar-refractivity contribution is -0.146. The third-order valence-electron chi connectivity index (χ3n) is 7.96. The Labute approximate surface area is 251 Å². The summed E-state index contributed by atoms with van der Waals surface area (Å²) in [5, 5.41) is 0.614. The number of halogens is 1. The Hall–Kier alpha value is -4.04. The molecule has 0 spiro atoms. The van der Waals surface area contributed by atoms with E-state index in [-0.39, 0.29) is 42.8 Å². The molecule has 220 valence electrons. The Bertz CT molecular complexity index is 1490. The molecule has 3 aromatic rings. The zero-order chi connectivity index (χ0) is 30.1. The number of hydrogen-bond acceptors (Lipinski definition) is 5. The summed E-state index contributed by atoms with van der Waals surface area (Å²) in [5.41, 5.74) is 4.46. The summed E-state index contributed by atoms with van der Waals surface area (Å²) in [6.45, 7) is 8.48. The number of rotatable bonds is 7. The second-order valence-electron chi connectivity index (χ2n) is 11.1. The van der Waals surface area contributed by atoms with Crippen LogP contribution >= 0.6 is 11.6 Å². The lowest BCUT2D eigenvalue weighted by atomic mass is 9.86. The van der Waals surface area contributed by atoms with Gasteiger partial charge in [0.2, 0.25) is 17.7 Å². The van der Waals surface area contributed by atoms with Crippen LogP contribution in [0.25, 0.3) is 0 Å². The van der Waals surface area contributed by atoms with Crippen molar-refractivity contribution in [2.75, 3.05) is 31.6 Å². The minimum atomic E-state index is -0.413. The molecule has 0 aliphatic carbocycles. The highest BCUT2D eigenvalue weighted by Gasteiger charge is 2.36. The van der Waals surface area contributed by atoms with Gasteiger partial charge >= 0.3 is 0 Å². The van der Waals surface area contributed by atoms with E-state index in [4.69, 9.17) is 21.1 Å². The summed E-state index contributed by atoms with van der Waals surface area (Å²) < 4.78 is 11.7. The normalized spacial score (nSPS) is 17.8. The number of carbonyl (C=O) groups excluding carboxylic acids is 3. The minimum Gasteiger partial charge on any atom is -0.493 e. The molecule has 0 bridgehead atoms. The Morgan fingerprint density at radius 1 is 0.929 bits per heavy atom. The van der Waals surface area contributed by atoms with E-state index in [2.05, 4.69) is 0 Å². The molecular formula is C33H36ClN3O5. The third kappa shape index (κ3) is 5.81. The first-order chi connectivity index (χ1) is 20.1. The molecule has 2 atom stereocenters. The van der Waals surface area contributed by atoms with E-state index in [1.165, 1.54) is 6.92 Å². The minimum absolute atomic E-state index is 0.0432. The van der Waals surface area contributed by atoms with E-state index < -0.39 is 6.04 Å². The van der Waals surface area contributed by atoms with E-state index in [0.29, 0.717) is 29.6 Å². The maximum atomic E-state index is 13.8. The molecule has 2 heterocycles. The number of amides is 3. The summed E-state index contributed by atoms with van der Waals surface area (Å²) in [4.78, 5) is 43.5. The molecule has 3 amide bonds. The predicted molar refractivity (Wildman–Crippen MR) is 162 cm³/mol.